The summed E-state index contributed by atoms with van der Waals surface area (Å²) in [5, 5.41) is 2.74. The smallest absolute Gasteiger partial charge is 0.414 e. The first-order chi connectivity index (χ1) is 11.5. The zero-order valence-electron chi connectivity index (χ0n) is 13.6. The first-order valence-corrected chi connectivity index (χ1v) is 8.76. The Morgan fingerprint density at radius 1 is 1.42 bits per heavy atom. The van der Waals surface area contributed by atoms with E-state index in [1.165, 1.54) is 11.8 Å². The van der Waals surface area contributed by atoms with E-state index in [0.717, 1.165) is 16.3 Å². The molecule has 7 nitrogen and oxygen atoms in total. The Labute approximate surface area is 144 Å². The molecule has 8 heteroatoms. The Hall–Kier alpha value is -2.22. The van der Waals surface area contributed by atoms with Gasteiger partial charge in [0, 0.05) is 24.1 Å². The van der Waals surface area contributed by atoms with Crippen LogP contribution in [0.2, 0.25) is 0 Å². The summed E-state index contributed by atoms with van der Waals surface area (Å²) >= 11 is 1.47. The minimum absolute atomic E-state index is 0.0626. The molecule has 1 aromatic rings. The fourth-order valence-corrected chi connectivity index (χ4v) is 3.65. The summed E-state index contributed by atoms with van der Waals surface area (Å²) < 4.78 is 5.31. The van der Waals surface area contributed by atoms with Gasteiger partial charge in [0.05, 0.1) is 24.5 Å². The average Bonchev–Trinajstić information content (AvgIpc) is 2.96. The minimum Gasteiger partial charge on any atom is -0.442 e. The number of carbonyl (C=O) groups is 3. The number of thioether (sulfide) groups is 1. The third kappa shape index (κ3) is 3.19. The van der Waals surface area contributed by atoms with E-state index in [0.29, 0.717) is 25.3 Å². The van der Waals surface area contributed by atoms with Crippen LogP contribution in [0, 0.1) is 0 Å². The lowest BCUT2D eigenvalue weighted by atomic mass is 10.2. The average molecular weight is 349 g/mol. The van der Waals surface area contributed by atoms with Crippen LogP contribution in [-0.2, 0) is 14.3 Å². The van der Waals surface area contributed by atoms with Crippen molar-refractivity contribution in [1.29, 1.82) is 0 Å². The summed E-state index contributed by atoms with van der Waals surface area (Å²) in [5.41, 5.74) is 1.58. The Morgan fingerprint density at radius 2 is 2.21 bits per heavy atom. The van der Waals surface area contributed by atoms with Gasteiger partial charge in [-0.05, 0) is 18.2 Å². The number of cyclic esters (lactones) is 1. The van der Waals surface area contributed by atoms with Crippen LogP contribution in [-0.4, -0.2) is 49.9 Å². The van der Waals surface area contributed by atoms with Crippen LogP contribution < -0.4 is 15.1 Å². The monoisotopic (exact) mass is 349 g/mol. The molecule has 0 spiro atoms. The number of nitrogens with zero attached hydrogens (tertiary/aromatic N) is 2. The molecule has 0 radical (unpaired) electrons. The molecule has 1 atom stereocenters. The second kappa shape index (κ2) is 6.72. The highest BCUT2D eigenvalue weighted by atomic mass is 32.2. The van der Waals surface area contributed by atoms with E-state index < -0.39 is 6.09 Å². The fraction of sp³-hybridized carbons (Fsp3) is 0.438. The van der Waals surface area contributed by atoms with Gasteiger partial charge in [-0.3, -0.25) is 14.5 Å². The molecule has 0 bridgehead atoms. The molecule has 3 amide bonds. The van der Waals surface area contributed by atoms with E-state index in [1.54, 1.807) is 23.8 Å². The minimum atomic E-state index is -0.420. The van der Waals surface area contributed by atoms with Crippen molar-refractivity contribution in [3.8, 4) is 0 Å². The third-order valence-corrected chi connectivity index (χ3v) is 5.09. The van der Waals surface area contributed by atoms with Gasteiger partial charge in [0.25, 0.3) is 0 Å². The van der Waals surface area contributed by atoms with Crippen LogP contribution in [0.3, 0.4) is 0 Å². The first-order valence-electron chi connectivity index (χ1n) is 7.78. The summed E-state index contributed by atoms with van der Waals surface area (Å²) in [4.78, 5) is 39.3. The zero-order valence-corrected chi connectivity index (χ0v) is 14.4. The number of fused-ring (bicyclic) bond motifs is 1. The Morgan fingerprint density at radius 3 is 2.96 bits per heavy atom. The molecule has 1 saturated heterocycles. The summed E-state index contributed by atoms with van der Waals surface area (Å²) in [6.45, 7) is 2.47. The third-order valence-electron chi connectivity index (χ3n) is 4.06. The second-order valence-corrected chi connectivity index (χ2v) is 6.68. The normalized spacial score (nSPS) is 20.0. The highest BCUT2D eigenvalue weighted by molar-refractivity contribution is 8.00. The van der Waals surface area contributed by atoms with E-state index in [4.69, 9.17) is 4.74 Å². The lowest BCUT2D eigenvalue weighted by Crippen LogP contribution is -2.34. The van der Waals surface area contributed by atoms with Crippen molar-refractivity contribution >= 4 is 41.0 Å². The lowest BCUT2D eigenvalue weighted by molar-refractivity contribution is -0.121. The molecular weight excluding hydrogens is 330 g/mol. The highest BCUT2D eigenvalue weighted by Gasteiger charge is 2.33. The topological polar surface area (TPSA) is 79.0 Å². The second-order valence-electron chi connectivity index (χ2n) is 5.67. The van der Waals surface area contributed by atoms with Crippen LogP contribution in [0.1, 0.15) is 13.3 Å². The number of hydrogen-bond acceptors (Lipinski definition) is 5. The Bertz CT molecular complexity index is 694. The number of benzene rings is 1. The van der Waals surface area contributed by atoms with E-state index in [2.05, 4.69) is 5.32 Å². The van der Waals surface area contributed by atoms with E-state index in [-0.39, 0.29) is 17.9 Å². The molecule has 1 unspecified atom stereocenters. The molecule has 2 aliphatic heterocycles. The molecule has 2 aliphatic rings. The molecule has 128 valence electrons. The van der Waals surface area contributed by atoms with Crippen LogP contribution in [0.15, 0.2) is 23.1 Å². The lowest BCUT2D eigenvalue weighted by Gasteiger charge is -2.26. The maximum atomic E-state index is 12.1. The molecule has 1 N–H and O–H groups in total. The maximum absolute atomic E-state index is 12.1. The molecule has 0 aliphatic carbocycles. The van der Waals surface area contributed by atoms with E-state index >= 15 is 0 Å². The van der Waals surface area contributed by atoms with Crippen LogP contribution >= 0.6 is 11.8 Å². The van der Waals surface area contributed by atoms with Crippen LogP contribution in [0.25, 0.3) is 0 Å². The predicted molar refractivity (Wildman–Crippen MR) is 91.5 cm³/mol. The fourth-order valence-electron chi connectivity index (χ4n) is 2.63. The van der Waals surface area contributed by atoms with Gasteiger partial charge in [-0.1, -0.05) is 6.92 Å². The van der Waals surface area contributed by atoms with Crippen molar-refractivity contribution in [2.45, 2.75) is 24.3 Å². The van der Waals surface area contributed by atoms with Crippen molar-refractivity contribution < 1.29 is 19.1 Å². The van der Waals surface area contributed by atoms with Gasteiger partial charge in [-0.25, -0.2) is 4.79 Å². The maximum Gasteiger partial charge on any atom is 0.414 e. The highest BCUT2D eigenvalue weighted by Crippen LogP contribution is 2.37. The standard InChI is InChI=1S/C16H19N3O4S/c1-3-14(20)17-7-11-8-19(16(22)23-11)10-4-5-12-13(6-10)24-9-15(21)18(12)2/h4-6,11H,3,7-9H2,1-2H3,(H,17,20). The summed E-state index contributed by atoms with van der Waals surface area (Å²) in [5.74, 6) is 0.387. The number of rotatable bonds is 4. The number of carbonyl (C=O) groups excluding carboxylic acids is 3. The number of hydrogen-bond donors (Lipinski definition) is 1. The van der Waals surface area contributed by atoms with Crippen molar-refractivity contribution in [2.24, 2.45) is 0 Å². The molecule has 1 fully saturated rings. The quantitative estimate of drug-likeness (QED) is 0.893. The van der Waals surface area contributed by atoms with Crippen LogP contribution in [0.4, 0.5) is 16.2 Å². The molecule has 0 saturated carbocycles. The zero-order chi connectivity index (χ0) is 17.3. The predicted octanol–water partition coefficient (Wildman–Crippen LogP) is 1.61. The van der Waals surface area contributed by atoms with Gasteiger partial charge in [0.15, 0.2) is 0 Å². The summed E-state index contributed by atoms with van der Waals surface area (Å²) in [6, 6.07) is 5.55. The summed E-state index contributed by atoms with van der Waals surface area (Å²) in [7, 11) is 1.75. The van der Waals surface area contributed by atoms with Gasteiger partial charge in [-0.2, -0.15) is 0 Å². The van der Waals surface area contributed by atoms with Gasteiger partial charge in [-0.15, -0.1) is 11.8 Å². The Kier molecular flexibility index (Phi) is 4.66. The van der Waals surface area contributed by atoms with Gasteiger partial charge in [0.1, 0.15) is 6.10 Å². The van der Waals surface area contributed by atoms with Gasteiger partial charge in [0.2, 0.25) is 11.8 Å². The molecule has 2 heterocycles. The van der Waals surface area contributed by atoms with Crippen molar-refractivity contribution in [2.75, 3.05) is 35.7 Å². The van der Waals surface area contributed by atoms with Gasteiger partial charge < -0.3 is 15.0 Å². The largest absolute Gasteiger partial charge is 0.442 e. The molecule has 24 heavy (non-hydrogen) atoms. The first kappa shape index (κ1) is 16.6. The van der Waals surface area contributed by atoms with Gasteiger partial charge >= 0.3 is 6.09 Å². The van der Waals surface area contributed by atoms with E-state index in [1.807, 2.05) is 18.2 Å². The molecule has 1 aromatic carbocycles. The Balaban J connectivity index is 1.72. The number of anilines is 2. The summed E-state index contributed by atoms with van der Waals surface area (Å²) in [6.07, 6.45) is -0.379. The number of ether oxygens (including phenoxy) is 1. The molecular formula is C16H19N3O4S. The molecule has 0 aromatic heterocycles. The number of amides is 3. The van der Waals surface area contributed by atoms with Crippen molar-refractivity contribution in [3.63, 3.8) is 0 Å². The van der Waals surface area contributed by atoms with Crippen LogP contribution in [0.5, 0.6) is 0 Å². The van der Waals surface area contributed by atoms with E-state index in [9.17, 15) is 14.4 Å². The number of nitrogens with one attached hydrogen (secondary N) is 1. The van der Waals surface area contributed by atoms with Crippen molar-refractivity contribution in [3.05, 3.63) is 18.2 Å². The SMILES string of the molecule is CCC(=O)NCC1CN(c2ccc3c(c2)SCC(=O)N3C)C(=O)O1. The molecule has 3 rings (SSSR count). The van der Waals surface area contributed by atoms with Crippen molar-refractivity contribution in [1.82, 2.24) is 5.32 Å².